The predicted molar refractivity (Wildman–Crippen MR) is 81.6 cm³/mol. The van der Waals surface area contributed by atoms with Gasteiger partial charge in [-0.15, -0.1) is 0 Å². The van der Waals surface area contributed by atoms with Gasteiger partial charge in [0.2, 0.25) is 5.95 Å². The van der Waals surface area contributed by atoms with E-state index in [0.717, 1.165) is 18.8 Å². The van der Waals surface area contributed by atoms with Crippen molar-refractivity contribution in [3.63, 3.8) is 0 Å². The Bertz CT molecular complexity index is 565. The van der Waals surface area contributed by atoms with Gasteiger partial charge in [0.25, 0.3) is 0 Å². The molecule has 1 aliphatic heterocycles. The van der Waals surface area contributed by atoms with E-state index in [1.165, 1.54) is 0 Å². The molecule has 0 aliphatic carbocycles. The molecule has 0 spiro atoms. The molecule has 1 saturated heterocycles. The SMILES string of the molecule is CCC(C)OC(=O)N1CCN(c2ncc(C(F)(F)F)cn2)CC1C. The van der Waals surface area contributed by atoms with Crippen molar-refractivity contribution in [3.05, 3.63) is 18.0 Å². The molecular weight excluding hydrogens is 325 g/mol. The van der Waals surface area contributed by atoms with E-state index < -0.39 is 11.7 Å². The number of carbonyl (C=O) groups excluding carboxylic acids is 1. The highest BCUT2D eigenvalue weighted by molar-refractivity contribution is 5.68. The summed E-state index contributed by atoms with van der Waals surface area (Å²) >= 11 is 0. The summed E-state index contributed by atoms with van der Waals surface area (Å²) in [4.78, 5) is 23.1. The summed E-state index contributed by atoms with van der Waals surface area (Å²) in [5.74, 6) is 0.227. The lowest BCUT2D eigenvalue weighted by Gasteiger charge is -2.39. The van der Waals surface area contributed by atoms with Crippen molar-refractivity contribution >= 4 is 12.0 Å². The average molecular weight is 346 g/mol. The first kappa shape index (κ1) is 18.3. The predicted octanol–water partition coefficient (Wildman–Crippen LogP) is 2.94. The maximum absolute atomic E-state index is 12.5. The Hall–Kier alpha value is -2.06. The van der Waals surface area contributed by atoms with Gasteiger partial charge in [-0.1, -0.05) is 6.92 Å². The van der Waals surface area contributed by atoms with E-state index in [0.29, 0.717) is 19.6 Å². The van der Waals surface area contributed by atoms with Crippen LogP contribution in [-0.4, -0.2) is 52.7 Å². The molecule has 134 valence electrons. The van der Waals surface area contributed by atoms with Crippen LogP contribution in [0.3, 0.4) is 0 Å². The van der Waals surface area contributed by atoms with Crippen LogP contribution in [0.25, 0.3) is 0 Å². The normalized spacial score (nSPS) is 20.0. The van der Waals surface area contributed by atoms with Crippen LogP contribution in [0, 0.1) is 0 Å². The van der Waals surface area contributed by atoms with Crippen molar-refractivity contribution in [1.29, 1.82) is 0 Å². The number of hydrogen-bond acceptors (Lipinski definition) is 5. The zero-order valence-corrected chi connectivity index (χ0v) is 13.9. The highest BCUT2D eigenvalue weighted by atomic mass is 19.4. The van der Waals surface area contributed by atoms with Crippen LogP contribution < -0.4 is 4.90 Å². The first-order valence-corrected chi connectivity index (χ1v) is 7.83. The quantitative estimate of drug-likeness (QED) is 0.842. The summed E-state index contributed by atoms with van der Waals surface area (Å²) in [5.41, 5.74) is -0.880. The number of rotatable bonds is 3. The molecule has 6 nitrogen and oxygen atoms in total. The van der Waals surface area contributed by atoms with Gasteiger partial charge in [-0.25, -0.2) is 14.8 Å². The third kappa shape index (κ3) is 4.27. The Morgan fingerprint density at radius 3 is 2.50 bits per heavy atom. The number of nitrogens with zero attached hydrogens (tertiary/aromatic N) is 4. The summed E-state index contributed by atoms with van der Waals surface area (Å²) < 4.78 is 43.0. The number of piperazine rings is 1. The summed E-state index contributed by atoms with van der Waals surface area (Å²) in [6.45, 7) is 6.89. The van der Waals surface area contributed by atoms with Crippen LogP contribution >= 0.6 is 0 Å². The second kappa shape index (κ2) is 7.23. The molecule has 1 aromatic rings. The Morgan fingerprint density at radius 2 is 2.00 bits per heavy atom. The van der Waals surface area contributed by atoms with Gasteiger partial charge >= 0.3 is 12.3 Å². The van der Waals surface area contributed by atoms with Crippen LogP contribution in [0.15, 0.2) is 12.4 Å². The van der Waals surface area contributed by atoms with Crippen molar-refractivity contribution in [3.8, 4) is 0 Å². The molecule has 0 bridgehead atoms. The van der Waals surface area contributed by atoms with Crippen LogP contribution in [0.2, 0.25) is 0 Å². The van der Waals surface area contributed by atoms with Gasteiger partial charge in [-0.3, -0.25) is 0 Å². The zero-order chi connectivity index (χ0) is 17.9. The monoisotopic (exact) mass is 346 g/mol. The lowest BCUT2D eigenvalue weighted by molar-refractivity contribution is -0.138. The Morgan fingerprint density at radius 1 is 1.38 bits per heavy atom. The second-order valence-corrected chi connectivity index (χ2v) is 5.86. The summed E-state index contributed by atoms with van der Waals surface area (Å²) in [7, 11) is 0. The van der Waals surface area contributed by atoms with Crippen molar-refractivity contribution in [2.45, 2.75) is 45.5 Å². The fourth-order valence-corrected chi connectivity index (χ4v) is 2.36. The molecule has 1 fully saturated rings. The van der Waals surface area contributed by atoms with Gasteiger partial charge < -0.3 is 14.5 Å². The third-order valence-electron chi connectivity index (χ3n) is 3.99. The number of amides is 1. The fourth-order valence-electron chi connectivity index (χ4n) is 2.36. The lowest BCUT2D eigenvalue weighted by atomic mass is 10.2. The highest BCUT2D eigenvalue weighted by Crippen LogP contribution is 2.28. The van der Waals surface area contributed by atoms with Gasteiger partial charge in [-0.2, -0.15) is 13.2 Å². The Kier molecular flexibility index (Phi) is 5.51. The molecule has 2 heterocycles. The molecule has 9 heteroatoms. The maximum Gasteiger partial charge on any atom is 0.419 e. The van der Waals surface area contributed by atoms with Crippen LogP contribution in [0.5, 0.6) is 0 Å². The molecule has 2 rings (SSSR count). The van der Waals surface area contributed by atoms with Crippen molar-refractivity contribution in [2.75, 3.05) is 24.5 Å². The van der Waals surface area contributed by atoms with Crippen molar-refractivity contribution in [1.82, 2.24) is 14.9 Å². The summed E-state index contributed by atoms with van der Waals surface area (Å²) in [5, 5.41) is 0. The highest BCUT2D eigenvalue weighted by Gasteiger charge is 2.33. The van der Waals surface area contributed by atoms with Crippen molar-refractivity contribution < 1.29 is 22.7 Å². The molecule has 0 N–H and O–H groups in total. The van der Waals surface area contributed by atoms with Crippen LogP contribution in [0.1, 0.15) is 32.8 Å². The fraction of sp³-hybridized carbons (Fsp3) is 0.667. The number of hydrogen-bond donors (Lipinski definition) is 0. The van der Waals surface area contributed by atoms with Crippen LogP contribution in [0.4, 0.5) is 23.9 Å². The first-order valence-electron chi connectivity index (χ1n) is 7.83. The van der Waals surface area contributed by atoms with E-state index in [1.54, 1.807) is 9.80 Å². The number of carbonyl (C=O) groups is 1. The van der Waals surface area contributed by atoms with Gasteiger partial charge in [0, 0.05) is 38.1 Å². The number of anilines is 1. The second-order valence-electron chi connectivity index (χ2n) is 5.86. The van der Waals surface area contributed by atoms with Crippen molar-refractivity contribution in [2.24, 2.45) is 0 Å². The van der Waals surface area contributed by atoms with Gasteiger partial charge in [0.15, 0.2) is 0 Å². The zero-order valence-electron chi connectivity index (χ0n) is 13.9. The number of halogens is 3. The number of ether oxygens (including phenoxy) is 1. The Balaban J connectivity index is 1.99. The average Bonchev–Trinajstić information content (AvgIpc) is 2.53. The van der Waals surface area contributed by atoms with Gasteiger partial charge in [0.1, 0.15) is 6.10 Å². The first-order chi connectivity index (χ1) is 11.2. The number of alkyl halides is 3. The minimum Gasteiger partial charge on any atom is -0.446 e. The molecule has 2 atom stereocenters. The largest absolute Gasteiger partial charge is 0.446 e. The third-order valence-corrected chi connectivity index (χ3v) is 3.99. The molecular formula is C15H21F3N4O2. The lowest BCUT2D eigenvalue weighted by Crippen LogP contribution is -2.55. The summed E-state index contributed by atoms with van der Waals surface area (Å²) in [6, 6.07) is -0.152. The van der Waals surface area contributed by atoms with E-state index >= 15 is 0 Å². The molecule has 0 radical (unpaired) electrons. The minimum atomic E-state index is -4.45. The van der Waals surface area contributed by atoms with Gasteiger partial charge in [0.05, 0.1) is 5.56 Å². The van der Waals surface area contributed by atoms with E-state index in [1.807, 2.05) is 20.8 Å². The van der Waals surface area contributed by atoms with Gasteiger partial charge in [-0.05, 0) is 20.3 Å². The standard InChI is InChI=1S/C15H21F3N4O2/c1-4-11(3)24-14(23)22-6-5-21(9-10(22)2)13-19-7-12(8-20-13)15(16,17)18/h7-8,10-11H,4-6,9H2,1-3H3. The van der Waals surface area contributed by atoms with E-state index in [-0.39, 0.29) is 24.2 Å². The topological polar surface area (TPSA) is 58.6 Å². The molecule has 2 unspecified atom stereocenters. The number of aromatic nitrogens is 2. The van der Waals surface area contributed by atoms with Crippen LogP contribution in [-0.2, 0) is 10.9 Å². The Labute approximate surface area is 138 Å². The van der Waals surface area contributed by atoms with E-state index in [2.05, 4.69) is 9.97 Å². The smallest absolute Gasteiger partial charge is 0.419 e. The molecule has 0 saturated carbocycles. The van der Waals surface area contributed by atoms with E-state index in [4.69, 9.17) is 4.74 Å². The molecule has 24 heavy (non-hydrogen) atoms. The molecule has 1 aromatic heterocycles. The minimum absolute atomic E-state index is 0.152. The molecule has 1 amide bonds. The molecule has 1 aliphatic rings. The molecule has 0 aromatic carbocycles. The summed E-state index contributed by atoms with van der Waals surface area (Å²) in [6.07, 6.45) is -2.69. The maximum atomic E-state index is 12.5. The van der Waals surface area contributed by atoms with E-state index in [9.17, 15) is 18.0 Å².